The Morgan fingerprint density at radius 1 is 0.971 bits per heavy atom. The van der Waals surface area contributed by atoms with Crippen LogP contribution in [0.3, 0.4) is 0 Å². The van der Waals surface area contributed by atoms with E-state index in [1.807, 2.05) is 13.8 Å². The van der Waals surface area contributed by atoms with Gasteiger partial charge in [0.1, 0.15) is 17.6 Å². The average Bonchev–Trinajstić information content (AvgIpc) is 3.51. The number of nitrogens with one attached hydrogen (secondary N) is 2. The molecular weight excluding hydrogens is 454 g/mol. The number of hydrogen-bond donors (Lipinski definition) is 3. The first-order chi connectivity index (χ1) is 16.8. The molecule has 0 unspecified atom stereocenters. The predicted octanol–water partition coefficient (Wildman–Crippen LogP) is 3.28. The molecule has 0 fully saturated rings. The fraction of sp³-hybridized carbons (Fsp3) is 0.200. The van der Waals surface area contributed by atoms with Crippen molar-refractivity contribution in [3.63, 3.8) is 0 Å². The molecule has 0 aliphatic carbocycles. The van der Waals surface area contributed by atoms with Crippen molar-refractivity contribution in [1.29, 1.82) is 0 Å². The van der Waals surface area contributed by atoms with Crippen LogP contribution in [0.5, 0.6) is 11.5 Å². The molecule has 10 heteroatoms. The maximum absolute atomic E-state index is 12.7. The zero-order valence-electron chi connectivity index (χ0n) is 19.0. The largest absolute Gasteiger partial charge is 0.478 e. The van der Waals surface area contributed by atoms with Crippen LogP contribution in [0, 0.1) is 5.92 Å². The van der Waals surface area contributed by atoms with Crippen LogP contribution in [0.25, 0.3) is 11.3 Å². The lowest BCUT2D eigenvalue weighted by Gasteiger charge is -2.20. The van der Waals surface area contributed by atoms with Gasteiger partial charge in [0.25, 0.3) is 11.8 Å². The van der Waals surface area contributed by atoms with Crippen molar-refractivity contribution in [3.05, 3.63) is 71.5 Å². The normalized spacial score (nSPS) is 13.1. The van der Waals surface area contributed by atoms with E-state index < -0.39 is 23.8 Å². The maximum atomic E-state index is 12.7. The van der Waals surface area contributed by atoms with Gasteiger partial charge in [-0.25, -0.2) is 10.2 Å². The number of carbonyl (C=O) groups excluding carboxylic acids is 2. The monoisotopic (exact) mass is 477 g/mol. The first-order valence-corrected chi connectivity index (χ1v) is 10.8. The molecular formula is C25H23N3O7. The van der Waals surface area contributed by atoms with E-state index >= 15 is 0 Å². The minimum absolute atomic E-state index is 0.101. The smallest absolute Gasteiger partial charge is 0.335 e. The van der Waals surface area contributed by atoms with Gasteiger partial charge in [0.05, 0.1) is 11.8 Å². The molecule has 35 heavy (non-hydrogen) atoms. The van der Waals surface area contributed by atoms with Crippen molar-refractivity contribution in [2.75, 3.05) is 6.79 Å². The van der Waals surface area contributed by atoms with E-state index in [-0.39, 0.29) is 18.3 Å². The molecule has 2 heterocycles. The molecule has 2 aromatic carbocycles. The van der Waals surface area contributed by atoms with Crippen molar-refractivity contribution in [3.8, 4) is 22.8 Å². The molecule has 0 radical (unpaired) electrons. The quantitative estimate of drug-likeness (QED) is 0.334. The first-order valence-electron chi connectivity index (χ1n) is 10.8. The number of nitrogens with zero attached hydrogens (tertiary/aromatic N) is 1. The number of ether oxygens (including phenoxy) is 2. The summed E-state index contributed by atoms with van der Waals surface area (Å²) in [5.41, 5.74) is 3.64. The van der Waals surface area contributed by atoms with Crippen LogP contribution in [0.4, 0.5) is 0 Å². The summed E-state index contributed by atoms with van der Waals surface area (Å²) < 4.78 is 16.2. The van der Waals surface area contributed by atoms with Crippen LogP contribution in [0.2, 0.25) is 0 Å². The third kappa shape index (κ3) is 5.49. The van der Waals surface area contributed by atoms with Crippen molar-refractivity contribution >= 4 is 24.0 Å². The summed E-state index contributed by atoms with van der Waals surface area (Å²) in [6.45, 7) is 3.72. The Kier molecular flexibility index (Phi) is 6.81. The Morgan fingerprint density at radius 2 is 1.69 bits per heavy atom. The lowest BCUT2D eigenvalue weighted by atomic mass is 10.0. The Morgan fingerprint density at radius 3 is 2.40 bits per heavy atom. The van der Waals surface area contributed by atoms with Crippen molar-refractivity contribution in [2.45, 2.75) is 19.9 Å². The van der Waals surface area contributed by atoms with Crippen molar-refractivity contribution < 1.29 is 33.4 Å². The molecule has 1 atom stereocenters. The Hall–Kier alpha value is -4.60. The summed E-state index contributed by atoms with van der Waals surface area (Å²) in [6.07, 6.45) is 1.34. The SMILES string of the molecule is CC(C)[C@H](NC(=O)c1ccc2c(c1)OCO2)C(=O)N/N=C\c1ccc(-c2ccc(C(=O)O)cc2)o1. The van der Waals surface area contributed by atoms with E-state index in [0.717, 1.165) is 0 Å². The molecule has 4 rings (SSSR count). The van der Waals surface area contributed by atoms with E-state index in [1.54, 1.807) is 42.5 Å². The van der Waals surface area contributed by atoms with Crippen molar-refractivity contribution in [2.24, 2.45) is 11.0 Å². The summed E-state index contributed by atoms with van der Waals surface area (Å²) >= 11 is 0. The number of furan rings is 1. The molecule has 0 spiro atoms. The molecule has 1 aliphatic rings. The Bertz CT molecular complexity index is 1280. The number of amides is 2. The third-order valence-electron chi connectivity index (χ3n) is 5.28. The van der Waals surface area contributed by atoms with Gasteiger partial charge in [0, 0.05) is 11.1 Å². The highest BCUT2D eigenvalue weighted by Gasteiger charge is 2.25. The van der Waals surface area contributed by atoms with E-state index in [9.17, 15) is 14.4 Å². The van der Waals surface area contributed by atoms with Gasteiger partial charge < -0.3 is 24.3 Å². The molecule has 2 amide bonds. The number of carboxylic acids is 1. The lowest BCUT2D eigenvalue weighted by molar-refractivity contribution is -0.123. The van der Waals surface area contributed by atoms with Crippen LogP contribution in [0.15, 0.2) is 64.1 Å². The molecule has 1 aliphatic heterocycles. The summed E-state index contributed by atoms with van der Waals surface area (Å²) in [4.78, 5) is 36.3. The zero-order valence-corrected chi connectivity index (χ0v) is 19.0. The molecule has 3 N–H and O–H groups in total. The molecule has 180 valence electrons. The minimum atomic E-state index is -1.01. The summed E-state index contributed by atoms with van der Waals surface area (Å²) in [5, 5.41) is 15.7. The molecule has 0 saturated heterocycles. The second-order valence-electron chi connectivity index (χ2n) is 8.08. The third-order valence-corrected chi connectivity index (χ3v) is 5.28. The van der Waals surface area contributed by atoms with Gasteiger partial charge in [-0.3, -0.25) is 9.59 Å². The molecule has 1 aromatic heterocycles. The zero-order chi connectivity index (χ0) is 24.9. The highest BCUT2D eigenvalue weighted by Crippen LogP contribution is 2.32. The first kappa shape index (κ1) is 23.6. The van der Waals surface area contributed by atoms with Crippen LogP contribution < -0.4 is 20.2 Å². The number of benzene rings is 2. The number of fused-ring (bicyclic) bond motifs is 1. The van der Waals surface area contributed by atoms with Gasteiger partial charge in [-0.05, 0) is 48.4 Å². The standard InChI is InChI=1S/C25H23N3O7/c1-14(2)22(27-23(29)17-7-9-20-21(11-17)34-13-33-20)24(30)28-26-12-18-8-10-19(35-18)15-3-5-16(6-4-15)25(31)32/h3-12,14,22H,13H2,1-2H3,(H,27,29)(H,28,30)(H,31,32)/b26-12-/t22-/m0/s1. The fourth-order valence-electron chi connectivity index (χ4n) is 3.38. The Labute approximate surface area is 200 Å². The molecule has 0 saturated carbocycles. The van der Waals surface area contributed by atoms with Crippen LogP contribution in [-0.4, -0.2) is 41.9 Å². The van der Waals surface area contributed by atoms with Crippen molar-refractivity contribution in [1.82, 2.24) is 10.7 Å². The fourth-order valence-corrected chi connectivity index (χ4v) is 3.38. The predicted molar refractivity (Wildman–Crippen MR) is 125 cm³/mol. The number of hydrazone groups is 1. The molecule has 3 aromatic rings. The molecule has 10 nitrogen and oxygen atoms in total. The number of rotatable bonds is 8. The maximum Gasteiger partial charge on any atom is 0.335 e. The van der Waals surface area contributed by atoms with Gasteiger partial charge in [-0.1, -0.05) is 26.0 Å². The van der Waals surface area contributed by atoms with E-state index in [4.69, 9.17) is 19.0 Å². The minimum Gasteiger partial charge on any atom is -0.478 e. The van der Waals surface area contributed by atoms with E-state index in [2.05, 4.69) is 15.8 Å². The highest BCUT2D eigenvalue weighted by molar-refractivity contribution is 5.98. The lowest BCUT2D eigenvalue weighted by Crippen LogP contribution is -2.48. The molecule has 0 bridgehead atoms. The number of hydrogen-bond acceptors (Lipinski definition) is 7. The van der Waals surface area contributed by atoms with E-state index in [0.29, 0.717) is 34.1 Å². The van der Waals surface area contributed by atoms with Gasteiger partial charge in [-0.15, -0.1) is 0 Å². The van der Waals surface area contributed by atoms with Gasteiger partial charge >= 0.3 is 5.97 Å². The second kappa shape index (κ2) is 10.1. The number of aromatic carboxylic acids is 1. The second-order valence-corrected chi connectivity index (χ2v) is 8.08. The van der Waals surface area contributed by atoms with Gasteiger partial charge in [0.2, 0.25) is 6.79 Å². The summed E-state index contributed by atoms with van der Waals surface area (Å²) in [5.74, 6) is -0.180. The number of carbonyl (C=O) groups is 3. The van der Waals surface area contributed by atoms with Crippen LogP contribution >= 0.6 is 0 Å². The summed E-state index contributed by atoms with van der Waals surface area (Å²) in [6, 6.07) is 13.6. The highest BCUT2D eigenvalue weighted by atomic mass is 16.7. The Balaban J connectivity index is 1.36. The van der Waals surface area contributed by atoms with Gasteiger partial charge in [0.15, 0.2) is 11.5 Å². The topological polar surface area (TPSA) is 139 Å². The van der Waals surface area contributed by atoms with Crippen LogP contribution in [-0.2, 0) is 4.79 Å². The number of carboxylic acid groups (broad SMARTS) is 1. The van der Waals surface area contributed by atoms with Crippen LogP contribution in [0.1, 0.15) is 40.3 Å². The summed E-state index contributed by atoms with van der Waals surface area (Å²) in [7, 11) is 0. The average molecular weight is 477 g/mol. The van der Waals surface area contributed by atoms with E-state index in [1.165, 1.54) is 18.3 Å². The van der Waals surface area contributed by atoms with Gasteiger partial charge in [-0.2, -0.15) is 5.10 Å².